The first-order valence-electron chi connectivity index (χ1n) is 1.26. The minimum atomic E-state index is 0.250. The molecule has 0 saturated heterocycles. The van der Waals surface area contributed by atoms with Gasteiger partial charge >= 0.3 is 9.12 Å². The van der Waals surface area contributed by atoms with Crippen LogP contribution in [0.15, 0.2) is 0 Å². The topological polar surface area (TPSA) is 37.3 Å². The summed E-state index contributed by atoms with van der Waals surface area (Å²) >= 11 is 0. The van der Waals surface area contributed by atoms with E-state index in [9.17, 15) is 0 Å². The number of aliphatic hydroxyl groups excluding tert-OH is 1. The van der Waals surface area contributed by atoms with E-state index < -0.39 is 0 Å². The van der Waals surface area contributed by atoms with Crippen molar-refractivity contribution in [3.05, 3.63) is 0 Å². The van der Waals surface area contributed by atoms with Crippen LogP contribution in [0.1, 0.15) is 6.92 Å². The van der Waals surface area contributed by atoms with Gasteiger partial charge in [0.2, 0.25) is 0 Å². The predicted molar refractivity (Wildman–Crippen MR) is 23.2 cm³/mol. The first kappa shape index (κ1) is 8.91. The molecule has 0 saturated carbocycles. The van der Waals surface area contributed by atoms with E-state index >= 15 is 0 Å². The summed E-state index contributed by atoms with van der Waals surface area (Å²) in [6, 6.07) is 0. The third-order valence-corrected chi connectivity index (χ3v) is 0. The number of aliphatic hydroxyl groups is 1. The lowest BCUT2D eigenvalue weighted by Crippen LogP contribution is -1.57. The summed E-state index contributed by atoms with van der Waals surface area (Å²) in [5, 5.41) is 7.57. The molecule has 0 rings (SSSR count). The van der Waals surface area contributed by atoms with Gasteiger partial charge in [-0.2, -0.15) is 0 Å². The van der Waals surface area contributed by atoms with Gasteiger partial charge in [0.05, 0.1) is 0 Å². The van der Waals surface area contributed by atoms with Gasteiger partial charge in [-0.3, -0.25) is 0 Å². The molecular weight excluding hydrogens is 87.0 g/mol. The van der Waals surface area contributed by atoms with Crippen LogP contribution in [0, 0.1) is 0 Å². The molecule has 0 bridgehead atoms. The molecule has 0 radical (unpaired) electrons. The smallest absolute Gasteiger partial charge is 0.310 e. The molecule has 0 fully saturated rings. The molecule has 0 amide bonds. The molecule has 3 heteroatoms. The fourth-order valence-corrected chi connectivity index (χ4v) is 0. The summed E-state index contributed by atoms with van der Waals surface area (Å²) in [6.07, 6.45) is 0. The quantitative estimate of drug-likeness (QED) is 0.436. The summed E-state index contributed by atoms with van der Waals surface area (Å²) in [5.74, 6) is 0. The molecule has 1 N–H and O–H groups in total. The van der Waals surface area contributed by atoms with Crippen molar-refractivity contribution >= 4 is 9.12 Å². The van der Waals surface area contributed by atoms with Gasteiger partial charge in [0.25, 0.3) is 0 Å². The van der Waals surface area contributed by atoms with E-state index in [1.807, 2.05) is 0 Å². The Bertz CT molecular complexity index is 11.6. The van der Waals surface area contributed by atoms with Gasteiger partial charge in [-0.25, -0.2) is 0 Å². The molecule has 0 aliphatic heterocycles. The molecule has 0 aromatic heterocycles. The fourth-order valence-electron chi connectivity index (χ4n) is 0. The van der Waals surface area contributed by atoms with Crippen molar-refractivity contribution < 1.29 is 9.67 Å². The lowest BCUT2D eigenvalue weighted by Gasteiger charge is -1.52. The Morgan fingerprint density at radius 1 is 1.80 bits per heavy atom. The van der Waals surface area contributed by atoms with Crippen molar-refractivity contribution in [2.45, 2.75) is 6.92 Å². The lowest BCUT2D eigenvalue weighted by atomic mass is 10.9. The van der Waals surface area contributed by atoms with Crippen LogP contribution in [-0.4, -0.2) is 11.7 Å². The minimum Gasteiger partial charge on any atom is -0.397 e. The molecule has 0 spiro atoms. The highest BCUT2D eigenvalue weighted by atomic mass is 31.0. The second-order valence-electron chi connectivity index (χ2n) is 0.316. The first-order valence-corrected chi connectivity index (χ1v) is 1.73. The average Bonchev–Trinajstić information content (AvgIpc) is 1.46. The Balaban J connectivity index is 0. The van der Waals surface area contributed by atoms with E-state index in [0.29, 0.717) is 0 Å². The van der Waals surface area contributed by atoms with Gasteiger partial charge in [-0.05, 0) is 6.92 Å². The zero-order valence-electron chi connectivity index (χ0n) is 3.14. The number of hydrogen-bond acceptors (Lipinski definition) is 2. The van der Waals surface area contributed by atoms with Crippen molar-refractivity contribution in [2.75, 3.05) is 6.61 Å². The Kier molecular flexibility index (Phi) is 60.3. The van der Waals surface area contributed by atoms with Crippen molar-refractivity contribution in [1.29, 1.82) is 0 Å². The van der Waals surface area contributed by atoms with Crippen LogP contribution >= 0.6 is 9.12 Å². The predicted octanol–water partition coefficient (Wildman–Crippen LogP) is 0.206. The second-order valence-corrected chi connectivity index (χ2v) is 0.316. The molecule has 0 aliphatic carbocycles. The fraction of sp³-hybridized carbons (Fsp3) is 1.00. The highest BCUT2D eigenvalue weighted by Crippen LogP contribution is 1.30. The molecule has 5 heavy (non-hydrogen) atoms. The zero-order valence-corrected chi connectivity index (χ0v) is 4.29. The maximum Gasteiger partial charge on any atom is 0.310 e. The van der Waals surface area contributed by atoms with Gasteiger partial charge in [0, 0.05) is 6.61 Å². The Morgan fingerprint density at radius 2 is 1.80 bits per heavy atom. The lowest BCUT2D eigenvalue weighted by molar-refractivity contribution is 0.318. The van der Waals surface area contributed by atoms with E-state index in [4.69, 9.17) is 9.67 Å². The van der Waals surface area contributed by atoms with E-state index in [1.54, 1.807) is 6.92 Å². The Morgan fingerprint density at radius 3 is 1.80 bits per heavy atom. The number of rotatable bonds is 0. The van der Waals surface area contributed by atoms with Crippen LogP contribution in [0.4, 0.5) is 0 Å². The third kappa shape index (κ3) is 4790. The monoisotopic (exact) mass is 95.0 g/mol. The zero-order chi connectivity index (χ0) is 4.71. The SMILES string of the molecule is CCO.O=[PH2+]. The molecule has 1 unspecified atom stereocenters. The summed E-state index contributed by atoms with van der Waals surface area (Å²) in [5.41, 5.74) is 0. The van der Waals surface area contributed by atoms with Crippen molar-refractivity contribution in [2.24, 2.45) is 0 Å². The largest absolute Gasteiger partial charge is 0.397 e. The van der Waals surface area contributed by atoms with E-state index in [-0.39, 0.29) is 6.61 Å². The summed E-state index contributed by atoms with van der Waals surface area (Å²) < 4.78 is 8.17. The third-order valence-electron chi connectivity index (χ3n) is 0. The average molecular weight is 95.1 g/mol. The van der Waals surface area contributed by atoms with Crippen LogP contribution in [0.3, 0.4) is 0 Å². The molecule has 32 valence electrons. The van der Waals surface area contributed by atoms with Gasteiger partial charge in [-0.15, -0.1) is 0 Å². The molecule has 0 heterocycles. The summed E-state index contributed by atoms with van der Waals surface area (Å²) in [7, 11) is 1.17. The van der Waals surface area contributed by atoms with E-state index in [2.05, 4.69) is 0 Å². The van der Waals surface area contributed by atoms with Gasteiger partial charge in [-0.1, -0.05) is 4.57 Å². The van der Waals surface area contributed by atoms with E-state index in [0.717, 1.165) is 0 Å². The normalized spacial score (nSPS) is 4.40. The van der Waals surface area contributed by atoms with Crippen molar-refractivity contribution in [3.8, 4) is 0 Å². The number of hydrogen-bond donors (Lipinski definition) is 1. The van der Waals surface area contributed by atoms with Crippen LogP contribution in [0.5, 0.6) is 0 Å². The highest BCUT2D eigenvalue weighted by molar-refractivity contribution is 7.00. The van der Waals surface area contributed by atoms with Gasteiger partial charge in [0.15, 0.2) is 0 Å². The Hall–Kier alpha value is 0.0600. The molecular formula is C2H8O2P+. The highest BCUT2D eigenvalue weighted by Gasteiger charge is 1.34. The first-order chi connectivity index (χ1) is 2.41. The molecule has 0 aliphatic rings. The van der Waals surface area contributed by atoms with Crippen LogP contribution < -0.4 is 0 Å². The molecule has 0 aromatic carbocycles. The minimum absolute atomic E-state index is 0.250. The maximum atomic E-state index is 8.17. The molecule has 2 nitrogen and oxygen atoms in total. The summed E-state index contributed by atoms with van der Waals surface area (Å²) in [4.78, 5) is 0. The van der Waals surface area contributed by atoms with Gasteiger partial charge in [0.1, 0.15) is 0 Å². The van der Waals surface area contributed by atoms with E-state index in [1.165, 1.54) is 9.12 Å². The van der Waals surface area contributed by atoms with Crippen LogP contribution in [0.25, 0.3) is 0 Å². The second kappa shape index (κ2) is 33.8. The summed E-state index contributed by atoms with van der Waals surface area (Å²) in [6.45, 7) is 1.93. The van der Waals surface area contributed by atoms with Crippen LogP contribution in [-0.2, 0) is 4.57 Å². The Labute approximate surface area is 33.4 Å². The molecule has 1 atom stereocenters. The maximum absolute atomic E-state index is 8.17. The van der Waals surface area contributed by atoms with Gasteiger partial charge < -0.3 is 5.11 Å². The standard InChI is InChI=1S/C2H6O.H2OP/c1-2-3;1-2/h3H,2H2,1H3;2H2/q;+1. The molecule has 0 aromatic rings. The van der Waals surface area contributed by atoms with Crippen molar-refractivity contribution in [1.82, 2.24) is 0 Å². The van der Waals surface area contributed by atoms with Crippen LogP contribution in [0.2, 0.25) is 0 Å². The van der Waals surface area contributed by atoms with Crippen molar-refractivity contribution in [3.63, 3.8) is 0 Å².